The normalized spacial score (nSPS) is 26.4. The van der Waals surface area contributed by atoms with E-state index in [2.05, 4.69) is 12.2 Å². The van der Waals surface area contributed by atoms with Gasteiger partial charge in [0.1, 0.15) is 12.8 Å². The van der Waals surface area contributed by atoms with Crippen molar-refractivity contribution in [1.82, 2.24) is 5.16 Å². The first-order chi connectivity index (χ1) is 15.5. The number of esters is 1. The molecule has 0 spiro atoms. The minimum absolute atomic E-state index is 0.196. The molecule has 2 aromatic rings. The third kappa shape index (κ3) is 5.24. The van der Waals surface area contributed by atoms with Crippen LogP contribution in [-0.4, -0.2) is 48.4 Å². The molecule has 0 bridgehead atoms. The Kier molecular flexibility index (Phi) is 7.31. The van der Waals surface area contributed by atoms with E-state index in [-0.39, 0.29) is 12.0 Å². The van der Waals surface area contributed by atoms with Gasteiger partial charge in [0, 0.05) is 24.5 Å². The number of benzene rings is 1. The van der Waals surface area contributed by atoms with E-state index in [1.165, 1.54) is 0 Å². The lowest BCUT2D eigenvalue weighted by Crippen LogP contribution is -2.59. The summed E-state index contributed by atoms with van der Waals surface area (Å²) in [6, 6.07) is 11.1. The molecule has 1 aliphatic carbocycles. The van der Waals surface area contributed by atoms with Crippen molar-refractivity contribution in [3.63, 3.8) is 0 Å². The molecular formula is C26H36N2O4. The van der Waals surface area contributed by atoms with Crippen LogP contribution in [0.2, 0.25) is 0 Å². The lowest BCUT2D eigenvalue weighted by atomic mass is 9.73. The number of rotatable bonds is 8. The van der Waals surface area contributed by atoms with Crippen LogP contribution in [0.15, 0.2) is 47.2 Å². The largest absolute Gasteiger partial charge is 0.837 e. The van der Waals surface area contributed by atoms with Gasteiger partial charge >= 0.3 is 5.97 Å². The van der Waals surface area contributed by atoms with E-state index in [4.69, 9.17) is 9.26 Å². The number of quaternary nitrogens is 1. The molecule has 6 heteroatoms. The molecule has 1 saturated carbocycles. The number of likely N-dealkylation sites (N-methyl/N-ethyl adjacent to an activating group) is 1. The lowest BCUT2D eigenvalue weighted by Gasteiger charge is -2.48. The Morgan fingerprint density at radius 1 is 1.16 bits per heavy atom. The maximum absolute atomic E-state index is 14.2. The van der Waals surface area contributed by atoms with Gasteiger partial charge in [-0.2, -0.15) is 0 Å². The van der Waals surface area contributed by atoms with Crippen molar-refractivity contribution in [1.29, 1.82) is 0 Å². The van der Waals surface area contributed by atoms with Gasteiger partial charge in [0.25, 0.3) is 0 Å². The first-order valence-corrected chi connectivity index (χ1v) is 12.2. The summed E-state index contributed by atoms with van der Waals surface area (Å²) in [7, 11) is 2.23. The molecule has 1 aliphatic heterocycles. The Balaban J connectivity index is 1.42. The number of carbonyl (C=O) groups excluding carboxylic acids is 1. The molecule has 4 rings (SSSR count). The number of hydrogen-bond donors (Lipinski definition) is 0. The molecule has 32 heavy (non-hydrogen) atoms. The zero-order chi connectivity index (χ0) is 22.4. The molecule has 0 amide bonds. The molecule has 2 heterocycles. The van der Waals surface area contributed by atoms with Gasteiger partial charge in [-0.1, -0.05) is 67.6 Å². The topological polar surface area (TPSA) is 75.4 Å². The van der Waals surface area contributed by atoms with Crippen LogP contribution in [0.25, 0.3) is 0 Å². The number of ether oxygens (including phenoxy) is 1. The van der Waals surface area contributed by atoms with Crippen LogP contribution in [-0.2, 0) is 21.6 Å². The Hall–Kier alpha value is -2.18. The van der Waals surface area contributed by atoms with Crippen molar-refractivity contribution in [3.8, 4) is 0 Å². The highest BCUT2D eigenvalue weighted by molar-refractivity contribution is 5.81. The number of likely N-dealkylation sites (tertiary alicyclic amines) is 1. The van der Waals surface area contributed by atoms with Crippen molar-refractivity contribution in [2.75, 3.05) is 26.7 Å². The number of nitrogens with zero attached hydrogens (tertiary/aromatic N) is 2. The average molecular weight is 441 g/mol. The fraction of sp³-hybridized carbons (Fsp3) is 0.615. The number of carbonyl (C=O) groups is 1. The first kappa shape index (κ1) is 23.0. The highest BCUT2D eigenvalue weighted by Crippen LogP contribution is 2.39. The van der Waals surface area contributed by atoms with E-state index in [0.29, 0.717) is 5.56 Å². The van der Waals surface area contributed by atoms with Gasteiger partial charge in [-0.25, -0.2) is 0 Å². The summed E-state index contributed by atoms with van der Waals surface area (Å²) in [5.41, 5.74) is -0.282. The molecule has 6 nitrogen and oxygen atoms in total. The number of aromatic nitrogens is 1. The van der Waals surface area contributed by atoms with Crippen LogP contribution < -0.4 is 5.11 Å². The molecule has 3 atom stereocenters. The fourth-order valence-corrected chi connectivity index (χ4v) is 5.64. The fourth-order valence-electron chi connectivity index (χ4n) is 5.64. The molecule has 174 valence electrons. The van der Waals surface area contributed by atoms with Crippen LogP contribution in [0.5, 0.6) is 0 Å². The van der Waals surface area contributed by atoms with Crippen molar-refractivity contribution in [2.24, 2.45) is 5.92 Å². The second-order valence-electron chi connectivity index (χ2n) is 9.95. The van der Waals surface area contributed by atoms with E-state index in [9.17, 15) is 9.90 Å². The standard InChI is InChI=1S/C26H36N2O4/c1-28(17-8-14-23-16-19-31-27-23)18-9-15-24(20-28)32-25(29)26(30,21-10-4-2-5-11-21)22-12-6-3-7-13-22/h2,4-5,10-11,16,19,22,24H,3,6-9,12-15,17-18,20H2,1H3/t24?,26?,28-/m1/s1. The number of hydrogen-bond acceptors (Lipinski definition) is 5. The van der Waals surface area contributed by atoms with Crippen LogP contribution >= 0.6 is 0 Å². The highest BCUT2D eigenvalue weighted by Gasteiger charge is 2.41. The maximum Gasteiger partial charge on any atom is 0.300 e. The Morgan fingerprint density at radius 2 is 1.94 bits per heavy atom. The molecule has 2 unspecified atom stereocenters. The van der Waals surface area contributed by atoms with Crippen LogP contribution in [0.4, 0.5) is 0 Å². The second-order valence-corrected chi connectivity index (χ2v) is 9.95. The molecule has 0 N–H and O–H groups in total. The minimum Gasteiger partial charge on any atom is -0.837 e. The predicted molar refractivity (Wildman–Crippen MR) is 119 cm³/mol. The molecule has 0 radical (unpaired) electrons. The van der Waals surface area contributed by atoms with E-state index >= 15 is 0 Å². The lowest BCUT2D eigenvalue weighted by molar-refractivity contribution is -0.917. The molecular weight excluding hydrogens is 404 g/mol. The molecule has 2 aliphatic rings. The summed E-state index contributed by atoms with van der Waals surface area (Å²) in [6.45, 7) is 2.82. The van der Waals surface area contributed by atoms with Crippen molar-refractivity contribution >= 4 is 5.97 Å². The summed E-state index contributed by atoms with van der Waals surface area (Å²) in [5.74, 6) is -0.769. The molecule has 2 fully saturated rings. The monoisotopic (exact) mass is 440 g/mol. The summed E-state index contributed by atoms with van der Waals surface area (Å²) >= 11 is 0. The summed E-state index contributed by atoms with van der Waals surface area (Å²) < 4.78 is 11.8. The summed E-state index contributed by atoms with van der Waals surface area (Å²) in [4.78, 5) is 13.5. The summed E-state index contributed by atoms with van der Waals surface area (Å²) in [5, 5.41) is 18.2. The quantitative estimate of drug-likeness (QED) is 0.463. The summed E-state index contributed by atoms with van der Waals surface area (Å²) in [6.07, 6.45) is 9.89. The molecule has 1 aromatic heterocycles. The Labute approximate surface area is 191 Å². The highest BCUT2D eigenvalue weighted by atomic mass is 16.6. The first-order valence-electron chi connectivity index (χ1n) is 12.2. The number of aryl methyl sites for hydroxylation is 1. The van der Waals surface area contributed by atoms with Crippen molar-refractivity contribution in [2.45, 2.75) is 69.5 Å². The van der Waals surface area contributed by atoms with Crippen molar-refractivity contribution < 1.29 is 23.6 Å². The third-order valence-corrected chi connectivity index (χ3v) is 7.45. The minimum atomic E-state index is -1.81. The zero-order valence-electron chi connectivity index (χ0n) is 19.2. The third-order valence-electron chi connectivity index (χ3n) is 7.45. The predicted octanol–water partition coefficient (Wildman–Crippen LogP) is 3.60. The number of piperidine rings is 1. The maximum atomic E-state index is 14.2. The Bertz CT molecular complexity index is 850. The second kappa shape index (κ2) is 10.2. The van der Waals surface area contributed by atoms with Gasteiger partial charge in [-0.05, 0) is 24.3 Å². The SMILES string of the molecule is C[N@@+]1(CCCc2ccon2)CCCC(OC(=O)C([O-])(c2ccccc2)C2CCCCC2)C1. The van der Waals surface area contributed by atoms with Crippen LogP contribution in [0.3, 0.4) is 0 Å². The van der Waals surface area contributed by atoms with Gasteiger partial charge in [0.05, 0.1) is 25.8 Å². The van der Waals surface area contributed by atoms with E-state index in [1.54, 1.807) is 18.4 Å². The molecule has 1 aromatic carbocycles. The molecule has 1 saturated heterocycles. The van der Waals surface area contributed by atoms with Gasteiger partial charge in [-0.15, -0.1) is 0 Å². The van der Waals surface area contributed by atoms with Crippen LogP contribution in [0, 0.1) is 5.92 Å². The smallest absolute Gasteiger partial charge is 0.300 e. The Morgan fingerprint density at radius 3 is 2.66 bits per heavy atom. The van der Waals surface area contributed by atoms with Crippen molar-refractivity contribution in [3.05, 3.63) is 53.9 Å². The zero-order valence-corrected chi connectivity index (χ0v) is 19.2. The van der Waals surface area contributed by atoms with Crippen LogP contribution in [0.1, 0.15) is 62.6 Å². The van der Waals surface area contributed by atoms with E-state index in [1.807, 2.05) is 24.3 Å². The van der Waals surface area contributed by atoms with Gasteiger partial charge in [0.2, 0.25) is 0 Å². The van der Waals surface area contributed by atoms with Gasteiger partial charge in [-0.3, -0.25) is 4.79 Å². The van der Waals surface area contributed by atoms with E-state index in [0.717, 1.165) is 87.6 Å². The van der Waals surface area contributed by atoms with Gasteiger partial charge < -0.3 is 18.8 Å². The van der Waals surface area contributed by atoms with Gasteiger partial charge in [0.15, 0.2) is 6.10 Å². The van der Waals surface area contributed by atoms with E-state index < -0.39 is 11.6 Å². The average Bonchev–Trinajstić information content (AvgIpc) is 3.33.